The molecule has 3 aromatic carbocycles. The summed E-state index contributed by atoms with van der Waals surface area (Å²) in [4.78, 5) is 29.4. The molecule has 4 aromatic rings. The Morgan fingerprint density at radius 1 is 0.974 bits per heavy atom. The van der Waals surface area contributed by atoms with E-state index in [2.05, 4.69) is 5.32 Å². The second-order valence-electron chi connectivity index (χ2n) is 9.45. The highest BCUT2D eigenvalue weighted by molar-refractivity contribution is 6.00. The van der Waals surface area contributed by atoms with Crippen molar-refractivity contribution in [1.82, 2.24) is 20.0 Å². The molecule has 0 bridgehead atoms. The fourth-order valence-corrected chi connectivity index (χ4v) is 4.76. The molecule has 0 fully saturated rings. The molecule has 0 radical (unpaired) electrons. The van der Waals surface area contributed by atoms with Crippen molar-refractivity contribution in [2.75, 3.05) is 14.2 Å². The summed E-state index contributed by atoms with van der Waals surface area (Å²) in [6.07, 6.45) is 0. The lowest BCUT2D eigenvalue weighted by atomic mass is 9.93. The van der Waals surface area contributed by atoms with Crippen LogP contribution in [-0.2, 0) is 24.4 Å². The Morgan fingerprint density at radius 2 is 1.68 bits per heavy atom. The second-order valence-corrected chi connectivity index (χ2v) is 9.45. The van der Waals surface area contributed by atoms with Crippen molar-refractivity contribution in [3.63, 3.8) is 0 Å². The summed E-state index contributed by atoms with van der Waals surface area (Å²) in [6.45, 7) is 2.52. The van der Waals surface area contributed by atoms with Crippen molar-refractivity contribution in [3.8, 4) is 22.8 Å². The van der Waals surface area contributed by atoms with E-state index < -0.39 is 5.54 Å². The van der Waals surface area contributed by atoms with Crippen LogP contribution < -0.4 is 14.8 Å². The van der Waals surface area contributed by atoms with Gasteiger partial charge in [-0.3, -0.25) is 14.3 Å². The van der Waals surface area contributed by atoms with Crippen LogP contribution in [0.2, 0.25) is 0 Å². The van der Waals surface area contributed by atoms with Crippen LogP contribution in [-0.4, -0.2) is 46.3 Å². The third-order valence-corrected chi connectivity index (χ3v) is 6.97. The minimum atomic E-state index is -1.20. The van der Waals surface area contributed by atoms with Gasteiger partial charge in [-0.05, 0) is 30.7 Å². The van der Waals surface area contributed by atoms with E-state index in [0.717, 1.165) is 16.7 Å². The van der Waals surface area contributed by atoms with Crippen molar-refractivity contribution in [1.29, 1.82) is 0 Å². The lowest BCUT2D eigenvalue weighted by molar-refractivity contribution is -0.133. The zero-order valence-electron chi connectivity index (χ0n) is 21.7. The van der Waals surface area contributed by atoms with Crippen LogP contribution in [0.15, 0.2) is 84.9 Å². The van der Waals surface area contributed by atoms with Gasteiger partial charge in [0.15, 0.2) is 0 Å². The molecule has 8 nitrogen and oxygen atoms in total. The van der Waals surface area contributed by atoms with E-state index in [4.69, 9.17) is 14.6 Å². The first-order valence-corrected chi connectivity index (χ1v) is 12.4. The highest BCUT2D eigenvalue weighted by Crippen LogP contribution is 2.34. The molecular weight excluding hydrogens is 480 g/mol. The van der Waals surface area contributed by atoms with E-state index in [0.29, 0.717) is 29.4 Å². The number of fused-ring (bicyclic) bond motifs is 1. The van der Waals surface area contributed by atoms with Crippen LogP contribution in [0.4, 0.5) is 0 Å². The van der Waals surface area contributed by atoms with Crippen molar-refractivity contribution in [3.05, 3.63) is 102 Å². The van der Waals surface area contributed by atoms with Crippen LogP contribution in [0.3, 0.4) is 0 Å². The van der Waals surface area contributed by atoms with E-state index in [1.165, 1.54) is 0 Å². The lowest BCUT2D eigenvalue weighted by Gasteiger charge is -2.43. The molecule has 0 spiro atoms. The Hall–Kier alpha value is -4.59. The molecule has 2 heterocycles. The number of aromatic nitrogens is 2. The predicted octanol–water partition coefficient (Wildman–Crippen LogP) is 4.30. The summed E-state index contributed by atoms with van der Waals surface area (Å²) in [5, 5.41) is 7.75. The summed E-state index contributed by atoms with van der Waals surface area (Å²) in [5.74, 6) is 0.684. The Kier molecular flexibility index (Phi) is 6.87. The third-order valence-electron chi connectivity index (χ3n) is 6.97. The molecule has 1 atom stereocenters. The molecule has 1 N–H and O–H groups in total. The Balaban J connectivity index is 1.52. The first-order valence-electron chi connectivity index (χ1n) is 12.4. The van der Waals surface area contributed by atoms with Crippen LogP contribution in [0.1, 0.15) is 28.5 Å². The molecule has 1 aliphatic heterocycles. The van der Waals surface area contributed by atoms with Crippen LogP contribution in [0.5, 0.6) is 11.5 Å². The average molecular weight is 511 g/mol. The van der Waals surface area contributed by atoms with Gasteiger partial charge in [-0.1, -0.05) is 60.7 Å². The third kappa shape index (κ3) is 4.72. The minimum Gasteiger partial charge on any atom is -0.497 e. The predicted molar refractivity (Wildman–Crippen MR) is 144 cm³/mol. The van der Waals surface area contributed by atoms with E-state index in [1.54, 1.807) is 42.9 Å². The fourth-order valence-electron chi connectivity index (χ4n) is 4.76. The molecule has 194 valence electrons. The normalized spacial score (nSPS) is 16.6. The second kappa shape index (κ2) is 10.4. The van der Waals surface area contributed by atoms with Crippen molar-refractivity contribution in [2.45, 2.75) is 32.1 Å². The molecule has 1 aliphatic rings. The van der Waals surface area contributed by atoms with Crippen molar-refractivity contribution < 1.29 is 19.1 Å². The topological polar surface area (TPSA) is 85.7 Å². The Labute approximate surface area is 221 Å². The number of benzene rings is 3. The molecule has 1 aromatic heterocycles. The number of hydrogen-bond donors (Lipinski definition) is 1. The van der Waals surface area contributed by atoms with Gasteiger partial charge >= 0.3 is 0 Å². The Morgan fingerprint density at radius 3 is 2.37 bits per heavy atom. The molecule has 1 unspecified atom stereocenters. The number of methoxy groups -OCH3 is 2. The fraction of sp³-hybridized carbons (Fsp3) is 0.233. The number of carbonyl (C=O) groups is 2. The molecule has 2 amide bonds. The van der Waals surface area contributed by atoms with Gasteiger partial charge in [0.1, 0.15) is 22.7 Å². The number of hydrogen-bond acceptors (Lipinski definition) is 5. The van der Waals surface area contributed by atoms with E-state index in [1.807, 2.05) is 72.8 Å². The number of nitrogens with one attached hydrogen (secondary N) is 1. The van der Waals surface area contributed by atoms with Crippen molar-refractivity contribution in [2.24, 2.45) is 0 Å². The van der Waals surface area contributed by atoms with Gasteiger partial charge in [-0.25, -0.2) is 0 Å². The first-order chi connectivity index (χ1) is 18.4. The van der Waals surface area contributed by atoms with Crippen LogP contribution in [0, 0.1) is 0 Å². The quantitative estimate of drug-likeness (QED) is 0.382. The van der Waals surface area contributed by atoms with E-state index >= 15 is 0 Å². The summed E-state index contributed by atoms with van der Waals surface area (Å²) < 4.78 is 12.6. The molecule has 0 saturated heterocycles. The van der Waals surface area contributed by atoms with Gasteiger partial charge in [0.05, 0.1) is 33.0 Å². The van der Waals surface area contributed by atoms with E-state index in [9.17, 15) is 9.59 Å². The van der Waals surface area contributed by atoms with Crippen LogP contribution >= 0.6 is 0 Å². The summed E-state index contributed by atoms with van der Waals surface area (Å²) in [6, 6.07) is 26.6. The minimum absolute atomic E-state index is 0.174. The lowest BCUT2D eigenvalue weighted by Crippen LogP contribution is -2.63. The van der Waals surface area contributed by atoms with E-state index in [-0.39, 0.29) is 24.9 Å². The van der Waals surface area contributed by atoms with Gasteiger partial charge in [-0.15, -0.1) is 0 Å². The molecule has 38 heavy (non-hydrogen) atoms. The van der Waals surface area contributed by atoms with Gasteiger partial charge in [-0.2, -0.15) is 5.10 Å². The van der Waals surface area contributed by atoms with Gasteiger partial charge in [0.25, 0.3) is 5.91 Å². The standard InChI is InChI=1S/C30H30N4O4/c1-30(29(36)31-18-21-10-6-4-7-11-21)20-34-26(17-25(32-34)22-12-8-5-9-13-22)28(35)33(30)19-23-14-15-24(37-2)16-27(23)38-3/h4-17H,18-20H2,1-3H3,(H,31,36). The number of nitrogens with zero attached hydrogens (tertiary/aromatic N) is 3. The maximum Gasteiger partial charge on any atom is 0.273 e. The highest BCUT2D eigenvalue weighted by Gasteiger charge is 2.48. The Bertz CT molecular complexity index is 1450. The smallest absolute Gasteiger partial charge is 0.273 e. The zero-order valence-corrected chi connectivity index (χ0v) is 21.7. The zero-order chi connectivity index (χ0) is 26.7. The maximum atomic E-state index is 14.0. The summed E-state index contributed by atoms with van der Waals surface area (Å²) in [5.41, 5.74) is 2.56. The molecule has 5 rings (SSSR count). The molecule has 0 aliphatic carbocycles. The van der Waals surface area contributed by atoms with Gasteiger partial charge < -0.3 is 19.7 Å². The molecule has 0 saturated carbocycles. The van der Waals surface area contributed by atoms with Gasteiger partial charge in [0.2, 0.25) is 5.91 Å². The largest absolute Gasteiger partial charge is 0.497 e. The first kappa shape index (κ1) is 25.1. The number of rotatable bonds is 8. The van der Waals surface area contributed by atoms with Gasteiger partial charge in [0, 0.05) is 23.7 Å². The SMILES string of the molecule is COc1ccc(CN2C(=O)c3cc(-c4ccccc4)nn3CC2(C)C(=O)NCc2ccccc2)c(OC)c1. The summed E-state index contributed by atoms with van der Waals surface area (Å²) in [7, 11) is 3.16. The number of amides is 2. The average Bonchev–Trinajstić information content (AvgIpc) is 3.39. The molecular formula is C30H30N4O4. The number of carbonyl (C=O) groups excluding carboxylic acids is 2. The monoisotopic (exact) mass is 510 g/mol. The molecule has 8 heteroatoms. The summed E-state index contributed by atoms with van der Waals surface area (Å²) >= 11 is 0. The number of ether oxygens (including phenoxy) is 2. The van der Waals surface area contributed by atoms with Crippen molar-refractivity contribution >= 4 is 11.8 Å². The highest BCUT2D eigenvalue weighted by atomic mass is 16.5. The maximum absolute atomic E-state index is 14.0. The van der Waals surface area contributed by atoms with Crippen LogP contribution in [0.25, 0.3) is 11.3 Å².